The third kappa shape index (κ3) is 5.80. The Hall–Kier alpha value is -1.95. The first-order valence-electron chi connectivity index (χ1n) is 9.48. The van der Waals surface area contributed by atoms with Crippen LogP contribution < -0.4 is 10.2 Å². The van der Waals surface area contributed by atoms with Gasteiger partial charge in [0, 0.05) is 31.9 Å². The van der Waals surface area contributed by atoms with Crippen molar-refractivity contribution < 1.29 is 14.0 Å². The smallest absolute Gasteiger partial charge is 0.316 e. The maximum Gasteiger partial charge on any atom is 0.316 e. The van der Waals surface area contributed by atoms with Crippen molar-refractivity contribution in [3.63, 3.8) is 0 Å². The van der Waals surface area contributed by atoms with Crippen molar-refractivity contribution in [2.75, 3.05) is 37.6 Å². The third-order valence-corrected chi connectivity index (χ3v) is 4.76. The fourth-order valence-electron chi connectivity index (χ4n) is 3.76. The highest BCUT2D eigenvalue weighted by Gasteiger charge is 2.23. The summed E-state index contributed by atoms with van der Waals surface area (Å²) in [7, 11) is 0. The van der Waals surface area contributed by atoms with Gasteiger partial charge in [-0.3, -0.25) is 9.59 Å². The number of halogens is 1. The Kier molecular flexibility index (Phi) is 7.57. The number of benzene rings is 1. The molecule has 2 rings (SSSR count). The second-order valence-corrected chi connectivity index (χ2v) is 7.34. The Bertz CT molecular complexity index is 613. The van der Waals surface area contributed by atoms with E-state index >= 15 is 0 Å². The second kappa shape index (κ2) is 9.67. The molecule has 1 N–H and O–H groups in total. The summed E-state index contributed by atoms with van der Waals surface area (Å²) in [6, 6.07) is 5.72. The van der Waals surface area contributed by atoms with Crippen molar-refractivity contribution >= 4 is 17.5 Å². The fourth-order valence-corrected chi connectivity index (χ4v) is 3.76. The lowest BCUT2D eigenvalue weighted by Crippen LogP contribution is -2.44. The van der Waals surface area contributed by atoms with E-state index in [0.717, 1.165) is 26.1 Å². The monoisotopic (exact) mass is 363 g/mol. The van der Waals surface area contributed by atoms with Gasteiger partial charge in [-0.05, 0) is 56.3 Å². The molecule has 26 heavy (non-hydrogen) atoms. The molecule has 0 spiro atoms. The Morgan fingerprint density at radius 1 is 1.27 bits per heavy atom. The minimum absolute atomic E-state index is 0.305. The molecule has 1 aromatic carbocycles. The van der Waals surface area contributed by atoms with Crippen LogP contribution >= 0.6 is 0 Å². The Labute approximate surface area is 155 Å². The number of likely N-dealkylation sites (N-methyl/N-ethyl adjacent to an activating group) is 1. The van der Waals surface area contributed by atoms with Crippen molar-refractivity contribution in [1.82, 2.24) is 10.2 Å². The number of anilines is 1. The third-order valence-electron chi connectivity index (χ3n) is 4.76. The summed E-state index contributed by atoms with van der Waals surface area (Å²) in [5.41, 5.74) is 0.393. The second-order valence-electron chi connectivity index (χ2n) is 7.34. The molecule has 0 unspecified atom stereocenters. The molecular formula is C20H30FN3O2. The van der Waals surface area contributed by atoms with E-state index in [2.05, 4.69) is 24.1 Å². The first kappa shape index (κ1) is 20.4. The molecule has 1 aliphatic rings. The first-order valence-corrected chi connectivity index (χ1v) is 9.48. The molecule has 1 aliphatic heterocycles. The summed E-state index contributed by atoms with van der Waals surface area (Å²) in [5, 5.41) is 2.69. The minimum Gasteiger partial charge on any atom is -0.348 e. The van der Waals surface area contributed by atoms with E-state index in [-0.39, 0.29) is 0 Å². The number of nitrogens with one attached hydrogen (secondary N) is 1. The van der Waals surface area contributed by atoms with Crippen molar-refractivity contribution in [3.8, 4) is 0 Å². The largest absolute Gasteiger partial charge is 0.348 e. The quantitative estimate of drug-likeness (QED) is 0.624. The first-order chi connectivity index (χ1) is 12.4. The van der Waals surface area contributed by atoms with Crippen LogP contribution in [0.2, 0.25) is 0 Å². The predicted molar refractivity (Wildman–Crippen MR) is 101 cm³/mol. The summed E-state index contributed by atoms with van der Waals surface area (Å²) in [6.45, 7) is 10.2. The number of carbonyl (C=O) groups is 2. The highest BCUT2D eigenvalue weighted by molar-refractivity contribution is 6.40. The summed E-state index contributed by atoms with van der Waals surface area (Å²) < 4.78 is 13.4. The summed E-state index contributed by atoms with van der Waals surface area (Å²) in [5.74, 6) is -0.312. The van der Waals surface area contributed by atoms with E-state index in [0.29, 0.717) is 30.6 Å². The molecule has 0 saturated carbocycles. The number of hydrogen-bond acceptors (Lipinski definition) is 3. The van der Waals surface area contributed by atoms with Gasteiger partial charge < -0.3 is 15.1 Å². The van der Waals surface area contributed by atoms with Crippen LogP contribution in [0.25, 0.3) is 0 Å². The Morgan fingerprint density at radius 3 is 2.58 bits per heavy atom. The van der Waals surface area contributed by atoms with E-state index in [4.69, 9.17) is 0 Å². The topological polar surface area (TPSA) is 52.7 Å². The van der Waals surface area contributed by atoms with Gasteiger partial charge in [-0.25, -0.2) is 4.39 Å². The summed E-state index contributed by atoms with van der Waals surface area (Å²) >= 11 is 0. The molecule has 6 heteroatoms. The summed E-state index contributed by atoms with van der Waals surface area (Å²) in [4.78, 5) is 28.2. The molecule has 1 heterocycles. The van der Waals surface area contributed by atoms with Crippen LogP contribution in [0.5, 0.6) is 0 Å². The number of rotatable bonds is 6. The highest BCUT2D eigenvalue weighted by atomic mass is 19.1. The number of amides is 2. The van der Waals surface area contributed by atoms with E-state index in [1.165, 1.54) is 29.5 Å². The SMILES string of the molecule is CCN(C(=O)C(=O)NCCCN1C[C@H](C)C[C@@H](C)C1)c1cccc(F)c1. The number of hydrogen-bond donors (Lipinski definition) is 1. The zero-order chi connectivity index (χ0) is 19.1. The molecule has 1 aromatic rings. The molecule has 1 saturated heterocycles. The molecule has 2 amide bonds. The number of piperidine rings is 1. The maximum atomic E-state index is 13.4. The number of nitrogens with zero attached hydrogens (tertiary/aromatic N) is 2. The molecule has 0 aliphatic carbocycles. The molecule has 1 fully saturated rings. The van der Waals surface area contributed by atoms with Gasteiger partial charge in [0.1, 0.15) is 5.82 Å². The van der Waals surface area contributed by atoms with Crippen LogP contribution in [0.1, 0.15) is 33.6 Å². The van der Waals surface area contributed by atoms with Gasteiger partial charge in [-0.15, -0.1) is 0 Å². The Balaban J connectivity index is 1.78. The molecule has 144 valence electrons. The van der Waals surface area contributed by atoms with Crippen LogP contribution in [-0.4, -0.2) is 49.4 Å². The van der Waals surface area contributed by atoms with Crippen LogP contribution in [-0.2, 0) is 9.59 Å². The molecule has 5 nitrogen and oxygen atoms in total. The van der Waals surface area contributed by atoms with Gasteiger partial charge in [0.05, 0.1) is 0 Å². The van der Waals surface area contributed by atoms with Crippen LogP contribution in [0.4, 0.5) is 10.1 Å². The van der Waals surface area contributed by atoms with Crippen LogP contribution in [0.15, 0.2) is 24.3 Å². The summed E-state index contributed by atoms with van der Waals surface area (Å²) in [6.07, 6.45) is 2.08. The zero-order valence-corrected chi connectivity index (χ0v) is 16.0. The Morgan fingerprint density at radius 2 is 1.96 bits per heavy atom. The van der Waals surface area contributed by atoms with Gasteiger partial charge in [0.2, 0.25) is 0 Å². The lowest BCUT2D eigenvalue weighted by molar-refractivity contribution is -0.137. The van der Waals surface area contributed by atoms with Crippen molar-refractivity contribution in [2.45, 2.75) is 33.6 Å². The number of carbonyl (C=O) groups excluding carboxylic acids is 2. The average Bonchev–Trinajstić information content (AvgIpc) is 2.58. The normalized spacial score (nSPS) is 20.6. The molecule has 0 aromatic heterocycles. The van der Waals surface area contributed by atoms with E-state index in [1.54, 1.807) is 13.0 Å². The van der Waals surface area contributed by atoms with Crippen molar-refractivity contribution in [3.05, 3.63) is 30.1 Å². The highest BCUT2D eigenvalue weighted by Crippen LogP contribution is 2.20. The molecule has 0 bridgehead atoms. The van der Waals surface area contributed by atoms with Gasteiger partial charge in [-0.1, -0.05) is 19.9 Å². The molecular weight excluding hydrogens is 333 g/mol. The van der Waals surface area contributed by atoms with Gasteiger partial charge in [-0.2, -0.15) is 0 Å². The van der Waals surface area contributed by atoms with Crippen molar-refractivity contribution in [1.29, 1.82) is 0 Å². The zero-order valence-electron chi connectivity index (χ0n) is 16.0. The average molecular weight is 363 g/mol. The van der Waals surface area contributed by atoms with Gasteiger partial charge >= 0.3 is 11.8 Å². The lowest BCUT2D eigenvalue weighted by Gasteiger charge is -2.34. The van der Waals surface area contributed by atoms with Gasteiger partial charge in [0.15, 0.2) is 0 Å². The fraction of sp³-hybridized carbons (Fsp3) is 0.600. The molecule has 2 atom stereocenters. The van der Waals surface area contributed by atoms with Crippen LogP contribution in [0, 0.1) is 17.7 Å². The van der Waals surface area contributed by atoms with Gasteiger partial charge in [0.25, 0.3) is 0 Å². The molecule has 0 radical (unpaired) electrons. The van der Waals surface area contributed by atoms with E-state index in [9.17, 15) is 14.0 Å². The maximum absolute atomic E-state index is 13.4. The lowest BCUT2D eigenvalue weighted by atomic mass is 9.92. The van der Waals surface area contributed by atoms with Crippen molar-refractivity contribution in [2.24, 2.45) is 11.8 Å². The standard InChI is InChI=1S/C20H30FN3O2/c1-4-24(18-8-5-7-17(21)12-18)20(26)19(25)22-9-6-10-23-13-15(2)11-16(3)14-23/h5,7-8,12,15-16H,4,6,9-11,13-14H2,1-3H3,(H,22,25)/t15-,16-/m1/s1. The minimum atomic E-state index is -0.654. The predicted octanol–water partition coefficient (Wildman–Crippen LogP) is 2.66. The van der Waals surface area contributed by atoms with E-state index in [1.807, 2.05) is 0 Å². The van der Waals surface area contributed by atoms with E-state index < -0.39 is 17.6 Å². The van der Waals surface area contributed by atoms with Crippen LogP contribution in [0.3, 0.4) is 0 Å². The number of likely N-dealkylation sites (tertiary alicyclic amines) is 1.